The van der Waals surface area contributed by atoms with Crippen LogP contribution in [0.15, 0.2) is 0 Å². The Hall–Kier alpha value is -1.10. The van der Waals surface area contributed by atoms with Crippen LogP contribution >= 0.6 is 0 Å². The van der Waals surface area contributed by atoms with Gasteiger partial charge in [0.25, 0.3) is 0 Å². The topological polar surface area (TPSA) is 83.8 Å². The second kappa shape index (κ2) is 4.81. The molecule has 5 nitrogen and oxygen atoms in total. The third kappa shape index (κ3) is 4.47. The number of carbonyl (C=O) groups is 2. The molecule has 0 aromatic heterocycles. The maximum atomic E-state index is 11.2. The molecule has 0 saturated carbocycles. The Labute approximate surface area is 76.3 Å². The highest BCUT2D eigenvalue weighted by Gasteiger charge is 2.31. The lowest BCUT2D eigenvalue weighted by Gasteiger charge is -2.19. The van der Waals surface area contributed by atoms with Crippen LogP contribution in [0.2, 0.25) is 0 Å². The lowest BCUT2D eigenvalue weighted by molar-refractivity contribution is -0.159. The van der Waals surface area contributed by atoms with Gasteiger partial charge in [0, 0.05) is 0 Å². The first-order valence-electron chi connectivity index (χ1n) is 3.90. The van der Waals surface area contributed by atoms with Gasteiger partial charge in [-0.05, 0) is 13.8 Å². The van der Waals surface area contributed by atoms with E-state index in [1.54, 1.807) is 0 Å². The van der Waals surface area contributed by atoms with E-state index in [9.17, 15) is 9.59 Å². The zero-order valence-corrected chi connectivity index (χ0v) is 7.74. The summed E-state index contributed by atoms with van der Waals surface area (Å²) < 4.78 is 4.60. The monoisotopic (exact) mass is 190 g/mol. The van der Waals surface area contributed by atoms with Crippen molar-refractivity contribution in [2.24, 2.45) is 5.41 Å². The van der Waals surface area contributed by atoms with Gasteiger partial charge in [-0.15, -0.1) is 0 Å². The molecule has 0 aromatic carbocycles. The number of carboxylic acid groups (broad SMARTS) is 1. The van der Waals surface area contributed by atoms with E-state index in [4.69, 9.17) is 10.2 Å². The van der Waals surface area contributed by atoms with E-state index >= 15 is 0 Å². The first-order valence-corrected chi connectivity index (χ1v) is 3.90. The number of hydrogen-bond acceptors (Lipinski definition) is 4. The van der Waals surface area contributed by atoms with Gasteiger partial charge >= 0.3 is 11.9 Å². The minimum atomic E-state index is -1.05. The predicted molar refractivity (Wildman–Crippen MR) is 44.1 cm³/mol. The number of aliphatic hydroxyl groups is 1. The first kappa shape index (κ1) is 11.9. The lowest BCUT2D eigenvalue weighted by Crippen LogP contribution is -2.30. The van der Waals surface area contributed by atoms with Crippen molar-refractivity contribution in [2.75, 3.05) is 13.2 Å². The fourth-order valence-electron chi connectivity index (χ4n) is 0.784. The van der Waals surface area contributed by atoms with Crippen LogP contribution in [-0.4, -0.2) is 35.4 Å². The fraction of sp³-hybridized carbons (Fsp3) is 0.750. The summed E-state index contributed by atoms with van der Waals surface area (Å²) in [5, 5.41) is 16.8. The van der Waals surface area contributed by atoms with E-state index in [2.05, 4.69) is 4.74 Å². The van der Waals surface area contributed by atoms with Crippen LogP contribution in [0.3, 0.4) is 0 Å². The maximum Gasteiger partial charge on any atom is 0.312 e. The predicted octanol–water partition coefficient (Wildman–Crippen LogP) is 0.0228. The highest BCUT2D eigenvalue weighted by Crippen LogP contribution is 2.21. The average molecular weight is 190 g/mol. The van der Waals surface area contributed by atoms with Gasteiger partial charge in [-0.2, -0.15) is 0 Å². The molecule has 0 radical (unpaired) electrons. The van der Waals surface area contributed by atoms with Crippen molar-refractivity contribution in [2.45, 2.75) is 20.3 Å². The summed E-state index contributed by atoms with van der Waals surface area (Å²) in [6, 6.07) is 0. The number of carboxylic acids is 1. The summed E-state index contributed by atoms with van der Waals surface area (Å²) >= 11 is 0. The van der Waals surface area contributed by atoms with Crippen molar-refractivity contribution >= 4 is 11.9 Å². The number of aliphatic carboxylic acids is 1. The second-order valence-electron chi connectivity index (χ2n) is 3.31. The van der Waals surface area contributed by atoms with Crippen molar-refractivity contribution in [1.29, 1.82) is 0 Å². The van der Waals surface area contributed by atoms with Gasteiger partial charge in [0.15, 0.2) is 0 Å². The third-order valence-electron chi connectivity index (χ3n) is 1.47. The Morgan fingerprint density at radius 1 is 1.38 bits per heavy atom. The largest absolute Gasteiger partial charge is 0.481 e. The molecule has 13 heavy (non-hydrogen) atoms. The van der Waals surface area contributed by atoms with Crippen LogP contribution in [0.25, 0.3) is 0 Å². The number of esters is 1. The van der Waals surface area contributed by atoms with Crippen molar-refractivity contribution < 1.29 is 24.5 Å². The minimum Gasteiger partial charge on any atom is -0.481 e. The molecule has 0 fully saturated rings. The van der Waals surface area contributed by atoms with Gasteiger partial charge in [0.05, 0.1) is 18.4 Å². The van der Waals surface area contributed by atoms with Gasteiger partial charge in [0.1, 0.15) is 6.61 Å². The average Bonchev–Trinajstić information content (AvgIpc) is 1.97. The van der Waals surface area contributed by atoms with E-state index in [0.717, 1.165) is 0 Å². The molecule has 0 aliphatic carbocycles. The summed E-state index contributed by atoms with van der Waals surface area (Å²) in [7, 11) is 0. The molecule has 0 aliphatic heterocycles. The van der Waals surface area contributed by atoms with Crippen LogP contribution in [0.1, 0.15) is 20.3 Å². The Morgan fingerprint density at radius 2 is 1.92 bits per heavy atom. The summed E-state index contributed by atoms with van der Waals surface area (Å²) in [6.45, 7) is 2.62. The molecule has 0 heterocycles. The van der Waals surface area contributed by atoms with Crippen LogP contribution in [0.4, 0.5) is 0 Å². The molecule has 2 N–H and O–H groups in total. The molecule has 0 aliphatic rings. The van der Waals surface area contributed by atoms with Crippen molar-refractivity contribution in [3.63, 3.8) is 0 Å². The number of aliphatic hydroxyl groups excluding tert-OH is 1. The number of ether oxygens (including phenoxy) is 1. The molecule has 76 valence electrons. The Bertz CT molecular complexity index is 197. The molecule has 0 rings (SSSR count). The van der Waals surface area contributed by atoms with Crippen LogP contribution in [0, 0.1) is 5.41 Å². The van der Waals surface area contributed by atoms with Crippen molar-refractivity contribution in [3.8, 4) is 0 Å². The van der Waals surface area contributed by atoms with Crippen molar-refractivity contribution in [3.05, 3.63) is 0 Å². The Morgan fingerprint density at radius 3 is 2.31 bits per heavy atom. The molecule has 5 heteroatoms. The normalized spacial score (nSPS) is 11.0. The quantitative estimate of drug-likeness (QED) is 0.597. The van der Waals surface area contributed by atoms with E-state index in [-0.39, 0.29) is 19.6 Å². The summed E-state index contributed by atoms with van der Waals surface area (Å²) in [4.78, 5) is 21.5. The second-order valence-corrected chi connectivity index (χ2v) is 3.31. The first-order chi connectivity index (χ1) is 5.90. The smallest absolute Gasteiger partial charge is 0.312 e. The van der Waals surface area contributed by atoms with E-state index < -0.39 is 17.4 Å². The van der Waals surface area contributed by atoms with Gasteiger partial charge in [-0.3, -0.25) is 9.59 Å². The fourth-order valence-corrected chi connectivity index (χ4v) is 0.784. The SMILES string of the molecule is CC(C)(CC(=O)O)C(=O)OCCO. The van der Waals surface area contributed by atoms with E-state index in [1.165, 1.54) is 13.8 Å². The highest BCUT2D eigenvalue weighted by molar-refractivity contribution is 5.81. The van der Waals surface area contributed by atoms with E-state index in [1.807, 2.05) is 0 Å². The molecule has 0 saturated heterocycles. The summed E-state index contributed by atoms with van der Waals surface area (Å²) in [6.07, 6.45) is -0.280. The van der Waals surface area contributed by atoms with Crippen LogP contribution < -0.4 is 0 Å². The maximum absolute atomic E-state index is 11.2. The summed E-state index contributed by atoms with van der Waals surface area (Å²) in [5.74, 6) is -1.66. The molecule has 0 amide bonds. The molecule has 0 unspecified atom stereocenters. The van der Waals surface area contributed by atoms with Crippen LogP contribution in [-0.2, 0) is 14.3 Å². The molecule has 0 aromatic rings. The van der Waals surface area contributed by atoms with Gasteiger partial charge < -0.3 is 14.9 Å². The number of rotatable bonds is 5. The standard InChI is InChI=1S/C8H14O5/c1-8(2,5-6(10)11)7(12)13-4-3-9/h9H,3-5H2,1-2H3,(H,10,11). The lowest BCUT2D eigenvalue weighted by atomic mass is 9.90. The molecule has 0 atom stereocenters. The molecular formula is C8H14O5. The van der Waals surface area contributed by atoms with Crippen LogP contribution in [0.5, 0.6) is 0 Å². The van der Waals surface area contributed by atoms with Crippen molar-refractivity contribution in [1.82, 2.24) is 0 Å². The molecular weight excluding hydrogens is 176 g/mol. The third-order valence-corrected chi connectivity index (χ3v) is 1.47. The van der Waals surface area contributed by atoms with Gasteiger partial charge in [-0.25, -0.2) is 0 Å². The van der Waals surface area contributed by atoms with E-state index in [0.29, 0.717) is 0 Å². The zero-order chi connectivity index (χ0) is 10.5. The van der Waals surface area contributed by atoms with Gasteiger partial charge in [0.2, 0.25) is 0 Å². The Kier molecular flexibility index (Phi) is 4.40. The number of hydrogen-bond donors (Lipinski definition) is 2. The van der Waals surface area contributed by atoms with Gasteiger partial charge in [-0.1, -0.05) is 0 Å². The molecule has 0 bridgehead atoms. The Balaban J connectivity index is 4.10. The number of carbonyl (C=O) groups excluding carboxylic acids is 1. The highest BCUT2D eigenvalue weighted by atomic mass is 16.5. The molecule has 0 spiro atoms. The minimum absolute atomic E-state index is 0.0954. The summed E-state index contributed by atoms with van der Waals surface area (Å²) in [5.41, 5.74) is -1.04. The zero-order valence-electron chi connectivity index (χ0n) is 7.74.